The molecule has 0 saturated heterocycles. The minimum atomic E-state index is 0.130. The van der Waals surface area contributed by atoms with E-state index in [0.29, 0.717) is 30.0 Å². The van der Waals surface area contributed by atoms with Crippen molar-refractivity contribution in [3.63, 3.8) is 0 Å². The van der Waals surface area contributed by atoms with Gasteiger partial charge in [0.05, 0.1) is 11.9 Å². The number of aryl methyl sites for hydroxylation is 1. The van der Waals surface area contributed by atoms with Gasteiger partial charge in [-0.3, -0.25) is 9.80 Å². The molecule has 0 bridgehead atoms. The SMILES string of the molecule is CCSc1ccc(CNN(c2nc(Cl)nc(C)c2N=CC=O)[C@H](C)CC)cc1. The fourth-order valence-corrected chi connectivity index (χ4v) is 3.48. The van der Waals surface area contributed by atoms with Crippen molar-refractivity contribution >= 4 is 47.4 Å². The van der Waals surface area contributed by atoms with Gasteiger partial charge in [0.15, 0.2) is 12.1 Å². The number of rotatable bonds is 10. The predicted molar refractivity (Wildman–Crippen MR) is 118 cm³/mol. The Morgan fingerprint density at radius 1 is 1.29 bits per heavy atom. The highest BCUT2D eigenvalue weighted by atomic mass is 35.5. The summed E-state index contributed by atoms with van der Waals surface area (Å²) < 4.78 is 0. The summed E-state index contributed by atoms with van der Waals surface area (Å²) in [7, 11) is 0. The topological polar surface area (TPSA) is 70.5 Å². The van der Waals surface area contributed by atoms with Gasteiger partial charge in [0.1, 0.15) is 5.69 Å². The zero-order valence-electron chi connectivity index (χ0n) is 16.6. The van der Waals surface area contributed by atoms with Crippen LogP contribution in [0.1, 0.15) is 38.4 Å². The van der Waals surface area contributed by atoms with Gasteiger partial charge in [0.25, 0.3) is 0 Å². The molecule has 0 aliphatic rings. The quantitative estimate of drug-likeness (QED) is 0.197. The molecule has 2 aromatic rings. The number of nitrogens with zero attached hydrogens (tertiary/aromatic N) is 4. The number of aliphatic imine (C=N–C) groups is 1. The molecule has 1 heterocycles. The lowest BCUT2D eigenvalue weighted by molar-refractivity contribution is -0.102. The van der Waals surface area contributed by atoms with Crippen molar-refractivity contribution in [1.29, 1.82) is 0 Å². The Balaban J connectivity index is 2.31. The lowest BCUT2D eigenvalue weighted by Gasteiger charge is -2.31. The number of halogens is 1. The normalized spacial score (nSPS) is 12.3. The highest BCUT2D eigenvalue weighted by Crippen LogP contribution is 2.31. The Morgan fingerprint density at radius 2 is 2.00 bits per heavy atom. The molecule has 1 aromatic heterocycles. The van der Waals surface area contributed by atoms with E-state index in [1.807, 2.05) is 16.8 Å². The molecule has 1 aromatic carbocycles. The standard InChI is InChI=1S/C20H26ClN5OS/c1-5-14(3)26(23-13-16-7-9-17(10-8-16)28-6-2)19-18(22-11-12-27)15(4)24-20(21)25-19/h7-12,14,23H,5-6,13H2,1-4H3/t14-/m1/s1. The molecule has 0 amide bonds. The van der Waals surface area contributed by atoms with Crippen LogP contribution in [0.25, 0.3) is 0 Å². The first kappa shape index (κ1) is 22.3. The van der Waals surface area contributed by atoms with Gasteiger partial charge in [-0.1, -0.05) is 26.0 Å². The Morgan fingerprint density at radius 3 is 2.61 bits per heavy atom. The van der Waals surface area contributed by atoms with E-state index in [1.54, 1.807) is 6.92 Å². The number of carbonyl (C=O) groups is 1. The van der Waals surface area contributed by atoms with E-state index >= 15 is 0 Å². The first-order chi connectivity index (χ1) is 13.5. The van der Waals surface area contributed by atoms with Crippen LogP contribution in [0.15, 0.2) is 34.2 Å². The fourth-order valence-electron chi connectivity index (χ4n) is 2.61. The van der Waals surface area contributed by atoms with E-state index in [-0.39, 0.29) is 11.3 Å². The summed E-state index contributed by atoms with van der Waals surface area (Å²) in [5, 5.41) is 2.10. The maximum absolute atomic E-state index is 10.8. The van der Waals surface area contributed by atoms with Crippen molar-refractivity contribution < 1.29 is 4.79 Å². The van der Waals surface area contributed by atoms with Crippen molar-refractivity contribution in [2.75, 3.05) is 10.8 Å². The minimum absolute atomic E-state index is 0.130. The van der Waals surface area contributed by atoms with Crippen molar-refractivity contribution in [2.45, 2.75) is 51.6 Å². The van der Waals surface area contributed by atoms with Crippen LogP contribution in [0.5, 0.6) is 0 Å². The van der Waals surface area contributed by atoms with Crippen LogP contribution in [-0.4, -0.2) is 34.3 Å². The molecule has 28 heavy (non-hydrogen) atoms. The molecule has 0 radical (unpaired) electrons. The van der Waals surface area contributed by atoms with E-state index < -0.39 is 0 Å². The number of hydrogen-bond acceptors (Lipinski definition) is 7. The molecule has 6 nitrogen and oxygen atoms in total. The second-order valence-electron chi connectivity index (χ2n) is 6.20. The first-order valence-corrected chi connectivity index (χ1v) is 10.6. The van der Waals surface area contributed by atoms with Crippen LogP contribution < -0.4 is 10.4 Å². The molecule has 0 saturated carbocycles. The van der Waals surface area contributed by atoms with Gasteiger partial charge in [0, 0.05) is 17.5 Å². The minimum Gasteiger partial charge on any atom is -0.297 e. The summed E-state index contributed by atoms with van der Waals surface area (Å²) in [6, 6.07) is 8.62. The summed E-state index contributed by atoms with van der Waals surface area (Å²) in [5.74, 6) is 1.61. The van der Waals surface area contributed by atoms with Crippen molar-refractivity contribution in [3.05, 3.63) is 40.8 Å². The smallest absolute Gasteiger partial charge is 0.224 e. The average Bonchev–Trinajstić information content (AvgIpc) is 2.68. The zero-order chi connectivity index (χ0) is 20.5. The number of nitrogens with one attached hydrogen (secondary N) is 1. The number of carbonyl (C=O) groups excluding carboxylic acids is 1. The Hall–Kier alpha value is -1.96. The van der Waals surface area contributed by atoms with Gasteiger partial charge in [0.2, 0.25) is 5.28 Å². The fraction of sp³-hybridized carbons (Fsp3) is 0.400. The summed E-state index contributed by atoms with van der Waals surface area (Å²) in [6.45, 7) is 8.75. The number of aldehydes is 1. The number of aromatic nitrogens is 2. The second kappa shape index (κ2) is 11.1. The third kappa shape index (κ3) is 6.02. The summed E-state index contributed by atoms with van der Waals surface area (Å²) >= 11 is 7.93. The number of hydrogen-bond donors (Lipinski definition) is 1. The Labute approximate surface area is 175 Å². The summed E-state index contributed by atoms with van der Waals surface area (Å²) in [5.41, 5.74) is 5.74. The van der Waals surface area contributed by atoms with Crippen LogP contribution in [-0.2, 0) is 11.3 Å². The van der Waals surface area contributed by atoms with Gasteiger partial charge in [-0.15, -0.1) is 11.8 Å². The number of thioether (sulfide) groups is 1. The zero-order valence-corrected chi connectivity index (χ0v) is 18.2. The maximum Gasteiger partial charge on any atom is 0.224 e. The molecule has 1 atom stereocenters. The largest absolute Gasteiger partial charge is 0.297 e. The van der Waals surface area contributed by atoms with E-state index in [0.717, 1.165) is 17.7 Å². The summed E-state index contributed by atoms with van der Waals surface area (Å²) in [4.78, 5) is 24.8. The number of anilines is 1. The van der Waals surface area contributed by atoms with E-state index in [2.05, 4.69) is 65.4 Å². The van der Waals surface area contributed by atoms with E-state index in [9.17, 15) is 4.79 Å². The molecule has 0 unspecified atom stereocenters. The van der Waals surface area contributed by atoms with Gasteiger partial charge in [-0.2, -0.15) is 4.98 Å². The van der Waals surface area contributed by atoms with Crippen LogP contribution in [0.2, 0.25) is 5.28 Å². The maximum atomic E-state index is 10.8. The molecule has 0 aliphatic heterocycles. The van der Waals surface area contributed by atoms with E-state index in [4.69, 9.17) is 11.6 Å². The second-order valence-corrected chi connectivity index (χ2v) is 7.88. The molecular weight excluding hydrogens is 394 g/mol. The van der Waals surface area contributed by atoms with Crippen LogP contribution in [0.3, 0.4) is 0 Å². The molecule has 0 fully saturated rings. The van der Waals surface area contributed by atoms with Gasteiger partial charge in [-0.05, 0) is 55.3 Å². The molecule has 1 N–H and O–H groups in total. The molecule has 2 rings (SSSR count). The summed E-state index contributed by atoms with van der Waals surface area (Å²) in [6.07, 6.45) is 2.72. The number of benzene rings is 1. The number of hydrazine groups is 1. The third-order valence-electron chi connectivity index (χ3n) is 4.22. The van der Waals surface area contributed by atoms with Crippen LogP contribution in [0.4, 0.5) is 11.5 Å². The lowest BCUT2D eigenvalue weighted by atomic mass is 10.2. The first-order valence-electron chi connectivity index (χ1n) is 9.26. The average molecular weight is 420 g/mol. The highest BCUT2D eigenvalue weighted by Gasteiger charge is 2.21. The highest BCUT2D eigenvalue weighted by molar-refractivity contribution is 7.99. The van der Waals surface area contributed by atoms with Gasteiger partial charge in [-0.25, -0.2) is 15.4 Å². The Kier molecular flexibility index (Phi) is 8.89. The van der Waals surface area contributed by atoms with Crippen molar-refractivity contribution in [2.24, 2.45) is 4.99 Å². The van der Waals surface area contributed by atoms with Crippen molar-refractivity contribution in [3.8, 4) is 0 Å². The van der Waals surface area contributed by atoms with Crippen LogP contribution >= 0.6 is 23.4 Å². The van der Waals surface area contributed by atoms with Gasteiger partial charge < -0.3 is 0 Å². The van der Waals surface area contributed by atoms with Crippen LogP contribution in [0, 0.1) is 6.92 Å². The molecular formula is C20H26ClN5OS. The molecule has 150 valence electrons. The lowest BCUT2D eigenvalue weighted by Crippen LogP contribution is -2.44. The molecule has 0 aliphatic carbocycles. The van der Waals surface area contributed by atoms with Crippen molar-refractivity contribution in [1.82, 2.24) is 15.4 Å². The monoisotopic (exact) mass is 419 g/mol. The molecule has 8 heteroatoms. The Bertz CT molecular complexity index is 813. The molecule has 0 spiro atoms. The van der Waals surface area contributed by atoms with Gasteiger partial charge >= 0.3 is 0 Å². The van der Waals surface area contributed by atoms with E-state index in [1.165, 1.54) is 11.1 Å². The third-order valence-corrected chi connectivity index (χ3v) is 5.29. The predicted octanol–water partition coefficient (Wildman–Crippen LogP) is 4.76.